The van der Waals surface area contributed by atoms with Crippen LogP contribution in [-0.2, 0) is 17.8 Å². The number of amides is 2. The molecule has 0 aliphatic carbocycles. The first-order chi connectivity index (χ1) is 15.3. The molecular formula is C24H18Cl2N2O4. The van der Waals surface area contributed by atoms with E-state index in [1.807, 2.05) is 0 Å². The largest absolute Gasteiger partial charge is 0.478 e. The van der Waals surface area contributed by atoms with Gasteiger partial charge in [0.2, 0.25) is 5.91 Å². The number of nitrogens with zero attached hydrogens (tertiary/aromatic N) is 1. The van der Waals surface area contributed by atoms with Crippen molar-refractivity contribution < 1.29 is 19.5 Å². The quantitative estimate of drug-likeness (QED) is 0.557. The van der Waals surface area contributed by atoms with Crippen molar-refractivity contribution in [2.24, 2.45) is 0 Å². The molecule has 1 atom stereocenters. The van der Waals surface area contributed by atoms with Crippen LogP contribution in [0.3, 0.4) is 0 Å². The molecule has 3 aromatic carbocycles. The topological polar surface area (TPSA) is 86.7 Å². The van der Waals surface area contributed by atoms with Crippen LogP contribution in [0, 0.1) is 0 Å². The lowest BCUT2D eigenvalue weighted by atomic mass is 10.0. The highest BCUT2D eigenvalue weighted by Gasteiger charge is 2.35. The van der Waals surface area contributed by atoms with Gasteiger partial charge in [-0.25, -0.2) is 4.79 Å². The number of halogens is 2. The number of aromatic carboxylic acids is 1. The molecule has 0 aromatic heterocycles. The first-order valence-electron chi connectivity index (χ1n) is 9.80. The Morgan fingerprint density at radius 3 is 2.31 bits per heavy atom. The van der Waals surface area contributed by atoms with Crippen molar-refractivity contribution in [3.63, 3.8) is 0 Å². The fourth-order valence-corrected chi connectivity index (χ4v) is 3.98. The number of carboxylic acid groups (broad SMARTS) is 1. The number of carbonyl (C=O) groups is 3. The first kappa shape index (κ1) is 21.9. The SMILES string of the molecule is O=C(O)c1ccc(CN2C(=O)c3ccccc3NC(=O)[C@H]2Cc2ccc(Cl)c(Cl)c2)cc1. The second kappa shape index (κ2) is 9.02. The highest BCUT2D eigenvalue weighted by atomic mass is 35.5. The van der Waals surface area contributed by atoms with Gasteiger partial charge in [0.1, 0.15) is 6.04 Å². The Labute approximate surface area is 194 Å². The first-order valence-corrected chi connectivity index (χ1v) is 10.6. The molecule has 1 aliphatic rings. The van der Waals surface area contributed by atoms with E-state index in [0.29, 0.717) is 26.9 Å². The number of nitrogens with one attached hydrogen (secondary N) is 1. The fraction of sp³-hybridized carbons (Fsp3) is 0.125. The zero-order valence-electron chi connectivity index (χ0n) is 16.7. The summed E-state index contributed by atoms with van der Waals surface area (Å²) >= 11 is 12.2. The third-order valence-electron chi connectivity index (χ3n) is 5.32. The maximum Gasteiger partial charge on any atom is 0.335 e. The molecule has 2 N–H and O–H groups in total. The van der Waals surface area contributed by atoms with Crippen LogP contribution < -0.4 is 5.32 Å². The third kappa shape index (κ3) is 4.47. The van der Waals surface area contributed by atoms with Crippen LogP contribution in [0.4, 0.5) is 5.69 Å². The third-order valence-corrected chi connectivity index (χ3v) is 6.06. The van der Waals surface area contributed by atoms with Gasteiger partial charge in [0.05, 0.1) is 26.9 Å². The Morgan fingerprint density at radius 2 is 1.62 bits per heavy atom. The van der Waals surface area contributed by atoms with Gasteiger partial charge in [0.15, 0.2) is 0 Å². The van der Waals surface area contributed by atoms with Crippen molar-refractivity contribution in [1.82, 2.24) is 4.90 Å². The van der Waals surface area contributed by atoms with Gasteiger partial charge in [-0.15, -0.1) is 0 Å². The molecule has 1 aliphatic heterocycles. The van der Waals surface area contributed by atoms with Crippen LogP contribution in [0.15, 0.2) is 66.7 Å². The molecule has 0 unspecified atom stereocenters. The van der Waals surface area contributed by atoms with Crippen LogP contribution in [0.5, 0.6) is 0 Å². The van der Waals surface area contributed by atoms with Crippen LogP contribution in [0.2, 0.25) is 10.0 Å². The van der Waals surface area contributed by atoms with Crippen molar-refractivity contribution in [3.8, 4) is 0 Å². The minimum atomic E-state index is -1.03. The Morgan fingerprint density at radius 1 is 0.938 bits per heavy atom. The summed E-state index contributed by atoms with van der Waals surface area (Å²) in [6.45, 7) is 0.131. The number of fused-ring (bicyclic) bond motifs is 1. The standard InChI is InChI=1S/C24H18Cl2N2O4/c25-18-10-7-15(11-19(18)26)12-21-22(29)27-20-4-2-1-3-17(20)23(30)28(21)13-14-5-8-16(9-6-14)24(31)32/h1-11,21H,12-13H2,(H,27,29)(H,31,32)/t21-/m1/s1. The van der Waals surface area contributed by atoms with E-state index >= 15 is 0 Å². The number of rotatable bonds is 5. The van der Waals surface area contributed by atoms with E-state index in [1.165, 1.54) is 17.0 Å². The lowest BCUT2D eigenvalue weighted by molar-refractivity contribution is -0.120. The number of carbonyl (C=O) groups excluding carboxylic acids is 2. The second-order valence-electron chi connectivity index (χ2n) is 7.44. The molecule has 8 heteroatoms. The molecule has 0 fully saturated rings. The smallest absolute Gasteiger partial charge is 0.335 e. The van der Waals surface area contributed by atoms with Crippen molar-refractivity contribution in [3.05, 3.63) is 99.0 Å². The fourth-order valence-electron chi connectivity index (χ4n) is 3.66. The van der Waals surface area contributed by atoms with Gasteiger partial charge in [-0.05, 0) is 47.5 Å². The molecule has 0 saturated heterocycles. The Bertz CT molecular complexity index is 1210. The predicted molar refractivity (Wildman–Crippen MR) is 122 cm³/mol. The Balaban J connectivity index is 1.72. The Hall–Kier alpha value is -3.35. The molecule has 4 rings (SSSR count). The average Bonchev–Trinajstić information content (AvgIpc) is 2.87. The summed E-state index contributed by atoms with van der Waals surface area (Å²) in [5, 5.41) is 12.7. The molecule has 3 aromatic rings. The van der Waals surface area contributed by atoms with E-state index in [0.717, 1.165) is 5.56 Å². The van der Waals surface area contributed by atoms with Gasteiger partial charge < -0.3 is 15.3 Å². The molecular weight excluding hydrogens is 451 g/mol. The van der Waals surface area contributed by atoms with Gasteiger partial charge >= 0.3 is 5.97 Å². The number of hydrogen-bond acceptors (Lipinski definition) is 3. The Kier molecular flexibility index (Phi) is 6.17. The van der Waals surface area contributed by atoms with Crippen molar-refractivity contribution >= 4 is 46.7 Å². The summed E-state index contributed by atoms with van der Waals surface area (Å²) in [5.41, 5.74) is 2.44. The molecule has 162 valence electrons. The summed E-state index contributed by atoms with van der Waals surface area (Å²) < 4.78 is 0. The zero-order valence-corrected chi connectivity index (χ0v) is 18.2. The zero-order chi connectivity index (χ0) is 22.8. The van der Waals surface area contributed by atoms with E-state index in [1.54, 1.807) is 54.6 Å². The second-order valence-corrected chi connectivity index (χ2v) is 8.25. The molecule has 0 bridgehead atoms. The lowest BCUT2D eigenvalue weighted by Crippen LogP contribution is -2.46. The maximum absolute atomic E-state index is 13.5. The van der Waals surface area contributed by atoms with E-state index in [9.17, 15) is 14.4 Å². The van der Waals surface area contributed by atoms with Crippen LogP contribution >= 0.6 is 23.2 Å². The van der Waals surface area contributed by atoms with E-state index in [-0.39, 0.29) is 30.3 Å². The maximum atomic E-state index is 13.5. The highest BCUT2D eigenvalue weighted by molar-refractivity contribution is 6.42. The summed E-state index contributed by atoms with van der Waals surface area (Å²) in [6, 6.07) is 17.4. The van der Waals surface area contributed by atoms with Gasteiger partial charge in [0.25, 0.3) is 5.91 Å². The summed E-state index contributed by atoms with van der Waals surface area (Å²) in [6.07, 6.45) is 0.232. The number of hydrogen-bond donors (Lipinski definition) is 2. The van der Waals surface area contributed by atoms with Crippen molar-refractivity contribution in [1.29, 1.82) is 0 Å². The minimum Gasteiger partial charge on any atom is -0.478 e. The van der Waals surface area contributed by atoms with Gasteiger partial charge in [-0.3, -0.25) is 9.59 Å². The molecule has 1 heterocycles. The molecule has 6 nitrogen and oxygen atoms in total. The van der Waals surface area contributed by atoms with Crippen LogP contribution in [-0.4, -0.2) is 33.8 Å². The highest BCUT2D eigenvalue weighted by Crippen LogP contribution is 2.28. The normalized spacial score (nSPS) is 15.7. The average molecular weight is 469 g/mol. The molecule has 2 amide bonds. The van der Waals surface area contributed by atoms with Crippen LogP contribution in [0.25, 0.3) is 0 Å². The van der Waals surface area contributed by atoms with E-state index in [2.05, 4.69) is 5.32 Å². The van der Waals surface area contributed by atoms with E-state index < -0.39 is 12.0 Å². The lowest BCUT2D eigenvalue weighted by Gasteiger charge is -2.29. The molecule has 0 spiro atoms. The molecule has 0 saturated carbocycles. The summed E-state index contributed by atoms with van der Waals surface area (Å²) in [5.74, 6) is -1.66. The van der Waals surface area contributed by atoms with Crippen molar-refractivity contribution in [2.75, 3.05) is 5.32 Å². The minimum absolute atomic E-state index is 0.131. The molecule has 0 radical (unpaired) electrons. The van der Waals surface area contributed by atoms with E-state index in [4.69, 9.17) is 28.3 Å². The predicted octanol–water partition coefficient (Wildman–Crippen LogP) is 4.90. The number of anilines is 1. The molecule has 32 heavy (non-hydrogen) atoms. The monoisotopic (exact) mass is 468 g/mol. The number of benzene rings is 3. The summed E-state index contributed by atoms with van der Waals surface area (Å²) in [4.78, 5) is 39.3. The van der Waals surface area contributed by atoms with Gasteiger partial charge in [-0.2, -0.15) is 0 Å². The van der Waals surface area contributed by atoms with Crippen LogP contribution in [0.1, 0.15) is 31.8 Å². The van der Waals surface area contributed by atoms with Gasteiger partial charge in [-0.1, -0.05) is 53.5 Å². The summed E-state index contributed by atoms with van der Waals surface area (Å²) in [7, 11) is 0. The number of para-hydroxylation sites is 1. The van der Waals surface area contributed by atoms with Crippen molar-refractivity contribution in [2.45, 2.75) is 19.0 Å². The number of carboxylic acids is 1. The van der Waals surface area contributed by atoms with Gasteiger partial charge in [0, 0.05) is 13.0 Å².